The normalized spacial score (nSPS) is 9.77. The first-order valence-electron chi connectivity index (χ1n) is 4.50. The molecule has 0 saturated carbocycles. The highest BCUT2D eigenvalue weighted by Gasteiger charge is 2.02. The second-order valence-corrected chi connectivity index (χ2v) is 2.70. The molecule has 13 heavy (non-hydrogen) atoms. The Balaban J connectivity index is 2.86. The molecule has 1 heterocycles. The van der Waals surface area contributed by atoms with Crippen molar-refractivity contribution in [2.45, 2.75) is 13.8 Å². The van der Waals surface area contributed by atoms with Crippen molar-refractivity contribution in [2.75, 3.05) is 23.4 Å². The average Bonchev–Trinajstić information content (AvgIpc) is 2.20. The van der Waals surface area contributed by atoms with E-state index in [1.807, 2.05) is 18.2 Å². The smallest absolute Gasteiger partial charge is 0.142 e. The number of rotatable bonds is 4. The second-order valence-electron chi connectivity index (χ2n) is 2.70. The molecule has 0 aliphatic carbocycles. The fourth-order valence-electron chi connectivity index (χ4n) is 1.23. The predicted octanol–water partition coefficient (Wildman–Crippen LogP) is 1.21. The van der Waals surface area contributed by atoms with Crippen molar-refractivity contribution in [3.05, 3.63) is 18.2 Å². The lowest BCUT2D eigenvalue weighted by Gasteiger charge is -2.19. The molecular weight excluding hydrogens is 164 g/mol. The zero-order valence-corrected chi connectivity index (χ0v) is 8.12. The Bertz CT molecular complexity index is 258. The molecule has 72 valence electrons. The maximum atomic E-state index is 5.27. The Morgan fingerprint density at radius 1 is 1.38 bits per heavy atom. The summed E-state index contributed by atoms with van der Waals surface area (Å²) in [5.41, 5.74) is 2.53. The molecule has 0 spiro atoms. The first-order chi connectivity index (χ1) is 6.31. The van der Waals surface area contributed by atoms with Gasteiger partial charge in [0.15, 0.2) is 0 Å². The Hall–Kier alpha value is -1.29. The topological polar surface area (TPSA) is 54.2 Å². The van der Waals surface area contributed by atoms with Crippen LogP contribution < -0.4 is 16.2 Å². The molecule has 0 unspecified atom stereocenters. The summed E-state index contributed by atoms with van der Waals surface area (Å²) in [6.07, 6.45) is 0. The van der Waals surface area contributed by atoms with Gasteiger partial charge in [0.05, 0.1) is 0 Å². The molecule has 1 rings (SSSR count). The number of hydrogen-bond donors (Lipinski definition) is 2. The Morgan fingerprint density at radius 2 is 2.08 bits per heavy atom. The summed E-state index contributed by atoms with van der Waals surface area (Å²) < 4.78 is 0. The van der Waals surface area contributed by atoms with E-state index >= 15 is 0 Å². The highest BCUT2D eigenvalue weighted by atomic mass is 15.3. The zero-order chi connectivity index (χ0) is 9.68. The van der Waals surface area contributed by atoms with Gasteiger partial charge in [-0.25, -0.2) is 10.8 Å². The quantitative estimate of drug-likeness (QED) is 0.540. The second kappa shape index (κ2) is 4.67. The highest BCUT2D eigenvalue weighted by Crippen LogP contribution is 2.12. The number of anilines is 2. The molecule has 0 aliphatic rings. The van der Waals surface area contributed by atoms with Gasteiger partial charge in [0.2, 0.25) is 0 Å². The monoisotopic (exact) mass is 180 g/mol. The molecule has 0 aliphatic heterocycles. The van der Waals surface area contributed by atoms with Gasteiger partial charge in [-0.1, -0.05) is 6.07 Å². The molecule has 0 radical (unpaired) electrons. The van der Waals surface area contributed by atoms with Gasteiger partial charge in [0, 0.05) is 13.1 Å². The number of hydrogen-bond acceptors (Lipinski definition) is 4. The van der Waals surface area contributed by atoms with E-state index in [0.29, 0.717) is 5.82 Å². The van der Waals surface area contributed by atoms with Crippen LogP contribution in [0.3, 0.4) is 0 Å². The van der Waals surface area contributed by atoms with Gasteiger partial charge in [-0.05, 0) is 26.0 Å². The summed E-state index contributed by atoms with van der Waals surface area (Å²) in [7, 11) is 0. The molecule has 4 nitrogen and oxygen atoms in total. The summed E-state index contributed by atoms with van der Waals surface area (Å²) in [5.74, 6) is 6.93. The maximum absolute atomic E-state index is 5.27. The number of hydrazine groups is 1. The fraction of sp³-hybridized carbons (Fsp3) is 0.444. The van der Waals surface area contributed by atoms with Crippen LogP contribution in [-0.4, -0.2) is 18.1 Å². The first-order valence-corrected chi connectivity index (χ1v) is 4.50. The lowest BCUT2D eigenvalue weighted by Crippen LogP contribution is -2.23. The highest BCUT2D eigenvalue weighted by molar-refractivity contribution is 5.46. The van der Waals surface area contributed by atoms with Crippen molar-refractivity contribution < 1.29 is 0 Å². The van der Waals surface area contributed by atoms with Gasteiger partial charge in [0.25, 0.3) is 0 Å². The number of nitrogens with two attached hydrogens (primary N) is 1. The van der Waals surface area contributed by atoms with E-state index in [1.165, 1.54) is 0 Å². The molecule has 0 saturated heterocycles. The van der Waals surface area contributed by atoms with Crippen LogP contribution in [0.4, 0.5) is 11.6 Å². The molecule has 0 bridgehead atoms. The van der Waals surface area contributed by atoms with Gasteiger partial charge in [0.1, 0.15) is 11.6 Å². The summed E-state index contributed by atoms with van der Waals surface area (Å²) in [4.78, 5) is 6.49. The van der Waals surface area contributed by atoms with Crippen LogP contribution in [-0.2, 0) is 0 Å². The molecular formula is C9H16N4. The Morgan fingerprint density at radius 3 is 2.62 bits per heavy atom. The molecule has 0 atom stereocenters. The van der Waals surface area contributed by atoms with Crippen LogP contribution in [0, 0.1) is 0 Å². The van der Waals surface area contributed by atoms with E-state index < -0.39 is 0 Å². The standard InChI is InChI=1S/C9H16N4/c1-3-13(4-2)9-7-5-6-8(11-9)12-10/h5-7H,3-4,10H2,1-2H3,(H,11,12). The summed E-state index contributed by atoms with van der Waals surface area (Å²) >= 11 is 0. The number of nitrogens with zero attached hydrogens (tertiary/aromatic N) is 2. The van der Waals surface area contributed by atoms with Gasteiger partial charge < -0.3 is 10.3 Å². The summed E-state index contributed by atoms with van der Waals surface area (Å²) in [6, 6.07) is 5.76. The molecule has 3 N–H and O–H groups in total. The van der Waals surface area contributed by atoms with E-state index in [0.717, 1.165) is 18.9 Å². The molecule has 1 aromatic heterocycles. The number of aromatic nitrogens is 1. The number of nitrogen functional groups attached to an aromatic ring is 1. The largest absolute Gasteiger partial charge is 0.357 e. The predicted molar refractivity (Wildman–Crippen MR) is 55.6 cm³/mol. The third-order valence-corrected chi connectivity index (χ3v) is 1.97. The van der Waals surface area contributed by atoms with E-state index in [4.69, 9.17) is 5.84 Å². The molecule has 0 amide bonds. The zero-order valence-electron chi connectivity index (χ0n) is 8.12. The minimum absolute atomic E-state index is 0.699. The van der Waals surface area contributed by atoms with Gasteiger partial charge in [-0.3, -0.25) is 0 Å². The minimum Gasteiger partial charge on any atom is -0.357 e. The van der Waals surface area contributed by atoms with Gasteiger partial charge in [-0.15, -0.1) is 0 Å². The van der Waals surface area contributed by atoms with Crippen molar-refractivity contribution in [1.82, 2.24) is 4.98 Å². The van der Waals surface area contributed by atoms with Crippen LogP contribution in [0.1, 0.15) is 13.8 Å². The Kier molecular flexibility index (Phi) is 3.52. The third-order valence-electron chi connectivity index (χ3n) is 1.97. The first kappa shape index (κ1) is 9.80. The molecule has 1 aromatic rings. The van der Waals surface area contributed by atoms with Crippen molar-refractivity contribution >= 4 is 11.6 Å². The molecule has 0 aromatic carbocycles. The van der Waals surface area contributed by atoms with Crippen LogP contribution >= 0.6 is 0 Å². The number of pyridine rings is 1. The van der Waals surface area contributed by atoms with E-state index in [2.05, 4.69) is 29.2 Å². The van der Waals surface area contributed by atoms with Crippen molar-refractivity contribution in [3.8, 4) is 0 Å². The van der Waals surface area contributed by atoms with Crippen LogP contribution in [0.5, 0.6) is 0 Å². The summed E-state index contributed by atoms with van der Waals surface area (Å²) in [5, 5.41) is 0. The lowest BCUT2D eigenvalue weighted by atomic mass is 10.4. The maximum Gasteiger partial charge on any atom is 0.142 e. The SMILES string of the molecule is CCN(CC)c1cccc(NN)n1. The average molecular weight is 180 g/mol. The van der Waals surface area contributed by atoms with E-state index in [-0.39, 0.29) is 0 Å². The fourth-order valence-corrected chi connectivity index (χ4v) is 1.23. The van der Waals surface area contributed by atoms with E-state index in [9.17, 15) is 0 Å². The van der Waals surface area contributed by atoms with Gasteiger partial charge in [-0.2, -0.15) is 0 Å². The van der Waals surface area contributed by atoms with Crippen molar-refractivity contribution in [1.29, 1.82) is 0 Å². The Labute approximate surface area is 78.7 Å². The van der Waals surface area contributed by atoms with Crippen LogP contribution in [0.15, 0.2) is 18.2 Å². The van der Waals surface area contributed by atoms with Gasteiger partial charge >= 0.3 is 0 Å². The lowest BCUT2D eigenvalue weighted by molar-refractivity contribution is 0.846. The summed E-state index contributed by atoms with van der Waals surface area (Å²) in [6.45, 7) is 6.12. The molecule has 4 heteroatoms. The third kappa shape index (κ3) is 2.32. The van der Waals surface area contributed by atoms with Crippen molar-refractivity contribution in [3.63, 3.8) is 0 Å². The van der Waals surface area contributed by atoms with E-state index in [1.54, 1.807) is 0 Å². The van der Waals surface area contributed by atoms with Crippen LogP contribution in [0.25, 0.3) is 0 Å². The van der Waals surface area contributed by atoms with Crippen LogP contribution in [0.2, 0.25) is 0 Å². The number of nitrogens with one attached hydrogen (secondary N) is 1. The minimum atomic E-state index is 0.699. The molecule has 0 fully saturated rings. The van der Waals surface area contributed by atoms with Crippen molar-refractivity contribution in [2.24, 2.45) is 5.84 Å².